The largest absolute Gasteiger partial charge is 0.360 e. The smallest absolute Gasteiger partial charge is 0.169 e. The number of hydrogen-bond donors (Lipinski definition) is 1. The summed E-state index contributed by atoms with van der Waals surface area (Å²) in [6, 6.07) is 14.3. The molecule has 0 atom stereocenters. The summed E-state index contributed by atoms with van der Waals surface area (Å²) in [4.78, 5) is 15.6. The van der Waals surface area contributed by atoms with E-state index >= 15 is 0 Å². The van der Waals surface area contributed by atoms with Crippen molar-refractivity contribution in [2.75, 3.05) is 0 Å². The van der Waals surface area contributed by atoms with Gasteiger partial charge in [0.2, 0.25) is 0 Å². The quantitative estimate of drug-likeness (QED) is 0.705. The van der Waals surface area contributed by atoms with Gasteiger partial charge in [0.15, 0.2) is 5.78 Å². The van der Waals surface area contributed by atoms with Gasteiger partial charge in [-0.3, -0.25) is 4.79 Å². The highest BCUT2D eigenvalue weighted by atomic mass is 16.1. The van der Waals surface area contributed by atoms with Gasteiger partial charge in [0, 0.05) is 29.1 Å². The molecular weight excluding hydrogens is 246 g/mol. The van der Waals surface area contributed by atoms with Crippen molar-refractivity contribution in [2.24, 2.45) is 0 Å². The molecule has 1 heterocycles. The first-order chi connectivity index (χ1) is 9.63. The summed E-state index contributed by atoms with van der Waals surface area (Å²) >= 11 is 0. The molecule has 0 fully saturated rings. The minimum Gasteiger partial charge on any atom is -0.360 e. The summed E-state index contributed by atoms with van der Waals surface area (Å²) < 4.78 is 0. The molecule has 0 aliphatic rings. The minimum atomic E-state index is 0.158. The van der Waals surface area contributed by atoms with Crippen LogP contribution in [-0.4, -0.2) is 10.8 Å². The Labute approximate surface area is 118 Å². The summed E-state index contributed by atoms with van der Waals surface area (Å²) in [6.45, 7) is 4.09. The molecule has 0 spiro atoms. The van der Waals surface area contributed by atoms with Crippen molar-refractivity contribution in [1.82, 2.24) is 4.98 Å². The molecule has 0 radical (unpaired) electrons. The molecular formula is C18H17NO. The Morgan fingerprint density at radius 2 is 1.70 bits per heavy atom. The summed E-state index contributed by atoms with van der Waals surface area (Å²) in [5.74, 6) is 0.158. The Balaban J connectivity index is 1.92. The number of carbonyl (C=O) groups is 1. The number of aromatic amines is 1. The van der Waals surface area contributed by atoms with Crippen molar-refractivity contribution >= 4 is 16.7 Å². The maximum atomic E-state index is 12.5. The van der Waals surface area contributed by atoms with Crippen LogP contribution in [0.25, 0.3) is 10.9 Å². The topological polar surface area (TPSA) is 32.9 Å². The number of nitrogens with one attached hydrogen (secondary N) is 1. The molecule has 20 heavy (non-hydrogen) atoms. The summed E-state index contributed by atoms with van der Waals surface area (Å²) in [5.41, 5.74) is 5.24. The number of hydrogen-bond acceptors (Lipinski definition) is 1. The predicted octanol–water partition coefficient (Wildman–Crippen LogP) is 4.21. The lowest BCUT2D eigenvalue weighted by Gasteiger charge is -2.02. The minimum absolute atomic E-state index is 0.158. The number of carbonyl (C=O) groups excluding carboxylic acids is 1. The molecule has 0 unspecified atom stereocenters. The van der Waals surface area contributed by atoms with Crippen molar-refractivity contribution in [3.8, 4) is 0 Å². The fourth-order valence-corrected chi connectivity index (χ4v) is 2.45. The third-order valence-corrected chi connectivity index (χ3v) is 3.62. The van der Waals surface area contributed by atoms with Gasteiger partial charge >= 0.3 is 0 Å². The van der Waals surface area contributed by atoms with Crippen LogP contribution in [0.3, 0.4) is 0 Å². The van der Waals surface area contributed by atoms with E-state index in [4.69, 9.17) is 0 Å². The molecule has 3 rings (SSSR count). The van der Waals surface area contributed by atoms with Gasteiger partial charge in [-0.15, -0.1) is 0 Å². The van der Waals surface area contributed by atoms with Gasteiger partial charge in [-0.25, -0.2) is 0 Å². The van der Waals surface area contributed by atoms with E-state index in [1.807, 2.05) is 56.4 Å². The molecule has 0 amide bonds. The Kier molecular flexibility index (Phi) is 3.15. The zero-order valence-electron chi connectivity index (χ0n) is 11.7. The first-order valence-corrected chi connectivity index (χ1v) is 6.80. The third kappa shape index (κ3) is 2.37. The number of H-pyrrole nitrogens is 1. The zero-order valence-corrected chi connectivity index (χ0v) is 11.7. The maximum absolute atomic E-state index is 12.5. The number of aromatic nitrogens is 1. The second-order valence-electron chi connectivity index (χ2n) is 5.34. The lowest BCUT2D eigenvalue weighted by molar-refractivity contribution is 0.0994. The summed E-state index contributed by atoms with van der Waals surface area (Å²) in [7, 11) is 0. The zero-order chi connectivity index (χ0) is 14.1. The molecule has 2 nitrogen and oxygen atoms in total. The van der Waals surface area contributed by atoms with Crippen LogP contribution in [-0.2, 0) is 6.42 Å². The molecule has 100 valence electrons. The number of Topliss-reactive ketones (excluding diaryl/α,β-unsaturated/α-hetero) is 1. The van der Waals surface area contributed by atoms with E-state index in [0.717, 1.165) is 22.0 Å². The van der Waals surface area contributed by atoms with Gasteiger partial charge < -0.3 is 4.98 Å². The van der Waals surface area contributed by atoms with Gasteiger partial charge in [-0.05, 0) is 31.5 Å². The molecule has 3 aromatic rings. The van der Waals surface area contributed by atoms with Crippen LogP contribution >= 0.6 is 0 Å². The first kappa shape index (κ1) is 12.7. The molecule has 2 aromatic carbocycles. The standard InChI is InChI=1S/C18H17NO/c1-12-3-6-14(7-4-12)10-18(20)16-11-19-17-8-5-13(2)9-15(16)17/h3-9,11,19H,10H2,1-2H3. The number of ketones is 1. The van der Waals surface area contributed by atoms with Gasteiger partial charge in [0.25, 0.3) is 0 Å². The summed E-state index contributed by atoms with van der Waals surface area (Å²) in [5, 5.41) is 1.02. The maximum Gasteiger partial charge on any atom is 0.169 e. The van der Waals surface area contributed by atoms with Crippen molar-refractivity contribution in [1.29, 1.82) is 0 Å². The molecule has 0 aliphatic carbocycles. The van der Waals surface area contributed by atoms with Gasteiger partial charge in [0.05, 0.1) is 0 Å². The lowest BCUT2D eigenvalue weighted by Crippen LogP contribution is -2.02. The van der Waals surface area contributed by atoms with Crippen molar-refractivity contribution in [3.05, 3.63) is 70.9 Å². The average Bonchev–Trinajstić information content (AvgIpc) is 2.84. The van der Waals surface area contributed by atoms with Crippen molar-refractivity contribution < 1.29 is 4.79 Å². The monoisotopic (exact) mass is 263 g/mol. The van der Waals surface area contributed by atoms with E-state index in [-0.39, 0.29) is 5.78 Å². The predicted molar refractivity (Wildman–Crippen MR) is 82.2 cm³/mol. The van der Waals surface area contributed by atoms with E-state index in [9.17, 15) is 4.79 Å². The highest BCUT2D eigenvalue weighted by Gasteiger charge is 2.12. The van der Waals surface area contributed by atoms with Gasteiger partial charge in [-0.1, -0.05) is 41.5 Å². The Morgan fingerprint density at radius 3 is 2.45 bits per heavy atom. The molecule has 0 bridgehead atoms. The highest BCUT2D eigenvalue weighted by Crippen LogP contribution is 2.21. The van der Waals surface area contributed by atoms with E-state index in [0.29, 0.717) is 6.42 Å². The Hall–Kier alpha value is -2.35. The first-order valence-electron chi connectivity index (χ1n) is 6.80. The van der Waals surface area contributed by atoms with Crippen LogP contribution in [0.2, 0.25) is 0 Å². The fraction of sp³-hybridized carbons (Fsp3) is 0.167. The van der Waals surface area contributed by atoms with Gasteiger partial charge in [0.1, 0.15) is 0 Å². The number of benzene rings is 2. The van der Waals surface area contributed by atoms with E-state index < -0.39 is 0 Å². The normalized spacial score (nSPS) is 10.9. The molecule has 0 saturated heterocycles. The van der Waals surface area contributed by atoms with E-state index in [1.54, 1.807) is 0 Å². The Morgan fingerprint density at radius 1 is 1.00 bits per heavy atom. The van der Waals surface area contributed by atoms with Gasteiger partial charge in [-0.2, -0.15) is 0 Å². The van der Waals surface area contributed by atoms with Crippen LogP contribution in [0.1, 0.15) is 27.0 Å². The average molecular weight is 263 g/mol. The highest BCUT2D eigenvalue weighted by molar-refractivity contribution is 6.08. The molecule has 1 aromatic heterocycles. The molecule has 0 aliphatic heterocycles. The lowest BCUT2D eigenvalue weighted by atomic mass is 10.0. The van der Waals surface area contributed by atoms with Crippen molar-refractivity contribution in [2.45, 2.75) is 20.3 Å². The van der Waals surface area contributed by atoms with E-state index in [1.165, 1.54) is 11.1 Å². The Bertz CT molecular complexity index is 766. The van der Waals surface area contributed by atoms with Crippen LogP contribution in [0.15, 0.2) is 48.7 Å². The number of fused-ring (bicyclic) bond motifs is 1. The van der Waals surface area contributed by atoms with Crippen LogP contribution in [0.4, 0.5) is 0 Å². The molecule has 2 heteroatoms. The van der Waals surface area contributed by atoms with Crippen LogP contribution < -0.4 is 0 Å². The third-order valence-electron chi connectivity index (χ3n) is 3.62. The van der Waals surface area contributed by atoms with E-state index in [2.05, 4.69) is 11.1 Å². The second kappa shape index (κ2) is 4.97. The SMILES string of the molecule is Cc1ccc(CC(=O)c2c[nH]c3ccc(C)cc23)cc1. The fourth-order valence-electron chi connectivity index (χ4n) is 2.45. The summed E-state index contributed by atoms with van der Waals surface area (Å²) in [6.07, 6.45) is 2.27. The van der Waals surface area contributed by atoms with Crippen LogP contribution in [0, 0.1) is 13.8 Å². The number of rotatable bonds is 3. The van der Waals surface area contributed by atoms with Crippen molar-refractivity contribution in [3.63, 3.8) is 0 Å². The second-order valence-corrected chi connectivity index (χ2v) is 5.34. The molecule has 1 N–H and O–H groups in total. The molecule has 0 saturated carbocycles. The number of aryl methyl sites for hydroxylation is 2. The van der Waals surface area contributed by atoms with Crippen LogP contribution in [0.5, 0.6) is 0 Å².